The molecule has 3 nitrogen and oxygen atoms in total. The van der Waals surface area contributed by atoms with Crippen LogP contribution in [-0.4, -0.2) is 19.6 Å². The molecule has 0 radical (unpaired) electrons. The van der Waals surface area contributed by atoms with Gasteiger partial charge in [-0.15, -0.1) is 0 Å². The van der Waals surface area contributed by atoms with Crippen LogP contribution < -0.4 is 4.90 Å². The highest BCUT2D eigenvalue weighted by Crippen LogP contribution is 2.23. The molecule has 0 bridgehead atoms. The molecule has 2 aromatic rings. The van der Waals surface area contributed by atoms with Crippen molar-refractivity contribution in [3.63, 3.8) is 0 Å². The number of anilines is 1. The molecule has 0 saturated heterocycles. The van der Waals surface area contributed by atoms with Crippen molar-refractivity contribution in [2.45, 2.75) is 13.5 Å². The molecular weight excluding hydrogens is 250 g/mol. The zero-order valence-corrected chi connectivity index (χ0v) is 11.9. The standard InChI is InChI=1S/C17H19NO2/c1-3-18(13-14-9-5-4-6-10-14)16-12-8-7-11-15(16)17(19)20-2/h4-12H,3,13H2,1-2H3. The molecule has 0 saturated carbocycles. The number of carbonyl (C=O) groups is 1. The van der Waals surface area contributed by atoms with Gasteiger partial charge in [0.1, 0.15) is 0 Å². The quantitative estimate of drug-likeness (QED) is 0.778. The predicted molar refractivity (Wildman–Crippen MR) is 80.9 cm³/mol. The molecule has 0 atom stereocenters. The van der Waals surface area contributed by atoms with Crippen LogP contribution in [0.1, 0.15) is 22.8 Å². The largest absolute Gasteiger partial charge is 0.465 e. The molecule has 2 rings (SSSR count). The van der Waals surface area contributed by atoms with Gasteiger partial charge in [-0.3, -0.25) is 0 Å². The van der Waals surface area contributed by atoms with E-state index in [4.69, 9.17) is 4.74 Å². The highest BCUT2D eigenvalue weighted by molar-refractivity contribution is 5.95. The minimum Gasteiger partial charge on any atom is -0.465 e. The zero-order chi connectivity index (χ0) is 14.4. The maximum Gasteiger partial charge on any atom is 0.339 e. The van der Waals surface area contributed by atoms with E-state index >= 15 is 0 Å². The summed E-state index contributed by atoms with van der Waals surface area (Å²) in [5.74, 6) is -0.299. The van der Waals surface area contributed by atoms with Gasteiger partial charge >= 0.3 is 5.97 Å². The topological polar surface area (TPSA) is 29.5 Å². The van der Waals surface area contributed by atoms with Gasteiger partial charge < -0.3 is 9.64 Å². The van der Waals surface area contributed by atoms with Crippen LogP contribution in [0.15, 0.2) is 54.6 Å². The summed E-state index contributed by atoms with van der Waals surface area (Å²) in [6.07, 6.45) is 0. The fraction of sp³-hybridized carbons (Fsp3) is 0.235. The van der Waals surface area contributed by atoms with Crippen molar-refractivity contribution >= 4 is 11.7 Å². The van der Waals surface area contributed by atoms with E-state index < -0.39 is 0 Å². The molecule has 104 valence electrons. The minimum absolute atomic E-state index is 0.299. The summed E-state index contributed by atoms with van der Waals surface area (Å²) in [6.45, 7) is 3.67. The zero-order valence-electron chi connectivity index (χ0n) is 11.9. The van der Waals surface area contributed by atoms with Gasteiger partial charge in [0.25, 0.3) is 0 Å². The second-order valence-corrected chi connectivity index (χ2v) is 4.51. The lowest BCUT2D eigenvalue weighted by molar-refractivity contribution is 0.0601. The van der Waals surface area contributed by atoms with Gasteiger partial charge in [0.05, 0.1) is 18.4 Å². The summed E-state index contributed by atoms with van der Waals surface area (Å²) in [7, 11) is 1.41. The van der Waals surface area contributed by atoms with Crippen LogP contribution in [0.25, 0.3) is 0 Å². The third kappa shape index (κ3) is 3.18. The first-order valence-electron chi connectivity index (χ1n) is 6.72. The minimum atomic E-state index is -0.299. The Morgan fingerprint density at radius 3 is 2.35 bits per heavy atom. The van der Waals surface area contributed by atoms with E-state index in [-0.39, 0.29) is 5.97 Å². The van der Waals surface area contributed by atoms with Crippen LogP contribution in [0.3, 0.4) is 0 Å². The molecule has 0 spiro atoms. The Morgan fingerprint density at radius 1 is 1.05 bits per heavy atom. The monoisotopic (exact) mass is 269 g/mol. The number of para-hydroxylation sites is 1. The molecule has 0 aliphatic carbocycles. The number of carbonyl (C=O) groups excluding carboxylic acids is 1. The molecule has 0 N–H and O–H groups in total. The van der Waals surface area contributed by atoms with Crippen molar-refractivity contribution in [2.24, 2.45) is 0 Å². The predicted octanol–water partition coefficient (Wildman–Crippen LogP) is 3.50. The number of methoxy groups -OCH3 is 1. The van der Waals surface area contributed by atoms with Crippen molar-refractivity contribution in [2.75, 3.05) is 18.6 Å². The van der Waals surface area contributed by atoms with Crippen molar-refractivity contribution < 1.29 is 9.53 Å². The Labute approximate surface area is 119 Å². The summed E-state index contributed by atoms with van der Waals surface area (Å²) < 4.78 is 4.86. The lowest BCUT2D eigenvalue weighted by Gasteiger charge is -2.25. The number of benzene rings is 2. The number of esters is 1. The van der Waals surface area contributed by atoms with Crippen molar-refractivity contribution in [1.82, 2.24) is 0 Å². The van der Waals surface area contributed by atoms with Crippen LogP contribution in [0.5, 0.6) is 0 Å². The van der Waals surface area contributed by atoms with Crippen molar-refractivity contribution in [3.8, 4) is 0 Å². The molecule has 0 fully saturated rings. The van der Waals surface area contributed by atoms with E-state index in [2.05, 4.69) is 24.0 Å². The van der Waals surface area contributed by atoms with E-state index in [1.807, 2.05) is 36.4 Å². The Morgan fingerprint density at radius 2 is 1.70 bits per heavy atom. The van der Waals surface area contributed by atoms with Crippen LogP contribution in [0.4, 0.5) is 5.69 Å². The number of hydrogen-bond donors (Lipinski definition) is 0. The smallest absolute Gasteiger partial charge is 0.339 e. The lowest BCUT2D eigenvalue weighted by atomic mass is 10.1. The fourth-order valence-electron chi connectivity index (χ4n) is 2.20. The maximum atomic E-state index is 11.9. The average molecular weight is 269 g/mol. The fourth-order valence-corrected chi connectivity index (χ4v) is 2.20. The van der Waals surface area contributed by atoms with Gasteiger partial charge in [-0.25, -0.2) is 4.79 Å². The van der Waals surface area contributed by atoms with E-state index in [1.54, 1.807) is 6.07 Å². The summed E-state index contributed by atoms with van der Waals surface area (Å²) in [5, 5.41) is 0. The first-order valence-corrected chi connectivity index (χ1v) is 6.72. The number of rotatable bonds is 5. The molecular formula is C17H19NO2. The molecule has 3 heteroatoms. The number of nitrogens with zero attached hydrogens (tertiary/aromatic N) is 1. The van der Waals surface area contributed by atoms with Crippen LogP contribution in [0, 0.1) is 0 Å². The SMILES string of the molecule is CCN(Cc1ccccc1)c1ccccc1C(=O)OC. The van der Waals surface area contributed by atoms with E-state index in [0.717, 1.165) is 18.8 Å². The lowest BCUT2D eigenvalue weighted by Crippen LogP contribution is -2.24. The summed E-state index contributed by atoms with van der Waals surface area (Å²) in [6, 6.07) is 17.8. The first kappa shape index (κ1) is 14.1. The van der Waals surface area contributed by atoms with E-state index in [1.165, 1.54) is 12.7 Å². The second-order valence-electron chi connectivity index (χ2n) is 4.51. The Bertz CT molecular complexity index is 566. The maximum absolute atomic E-state index is 11.9. The normalized spacial score (nSPS) is 10.1. The number of ether oxygens (including phenoxy) is 1. The molecule has 0 aromatic heterocycles. The van der Waals surface area contributed by atoms with Crippen molar-refractivity contribution in [1.29, 1.82) is 0 Å². The summed E-state index contributed by atoms with van der Waals surface area (Å²) >= 11 is 0. The van der Waals surface area contributed by atoms with E-state index in [0.29, 0.717) is 5.56 Å². The molecule has 0 heterocycles. The van der Waals surface area contributed by atoms with Gasteiger partial charge in [-0.2, -0.15) is 0 Å². The highest BCUT2D eigenvalue weighted by Gasteiger charge is 2.15. The molecule has 0 aliphatic heterocycles. The molecule has 0 amide bonds. The molecule has 0 unspecified atom stereocenters. The molecule has 2 aromatic carbocycles. The third-order valence-electron chi connectivity index (χ3n) is 3.25. The molecule has 0 aliphatic rings. The number of hydrogen-bond acceptors (Lipinski definition) is 3. The first-order chi connectivity index (χ1) is 9.76. The van der Waals surface area contributed by atoms with Gasteiger partial charge in [0, 0.05) is 13.1 Å². The van der Waals surface area contributed by atoms with Crippen LogP contribution in [0.2, 0.25) is 0 Å². The molecule has 20 heavy (non-hydrogen) atoms. The van der Waals surface area contributed by atoms with Crippen LogP contribution >= 0.6 is 0 Å². The Kier molecular flexibility index (Phi) is 4.77. The van der Waals surface area contributed by atoms with Gasteiger partial charge in [0.15, 0.2) is 0 Å². The second kappa shape index (κ2) is 6.75. The summed E-state index contributed by atoms with van der Waals surface area (Å²) in [5.41, 5.74) is 2.73. The van der Waals surface area contributed by atoms with Gasteiger partial charge in [-0.05, 0) is 24.6 Å². The average Bonchev–Trinajstić information content (AvgIpc) is 2.53. The van der Waals surface area contributed by atoms with Gasteiger partial charge in [0.2, 0.25) is 0 Å². The van der Waals surface area contributed by atoms with E-state index in [9.17, 15) is 4.79 Å². The Hall–Kier alpha value is -2.29. The van der Waals surface area contributed by atoms with Crippen LogP contribution in [-0.2, 0) is 11.3 Å². The Balaban J connectivity index is 2.30. The third-order valence-corrected chi connectivity index (χ3v) is 3.25. The summed E-state index contributed by atoms with van der Waals surface area (Å²) in [4.78, 5) is 14.0. The van der Waals surface area contributed by atoms with Crippen molar-refractivity contribution in [3.05, 3.63) is 65.7 Å². The van der Waals surface area contributed by atoms with Gasteiger partial charge in [-0.1, -0.05) is 42.5 Å². The highest BCUT2D eigenvalue weighted by atomic mass is 16.5.